The Morgan fingerprint density at radius 3 is 2.00 bits per heavy atom. The fourth-order valence-corrected chi connectivity index (χ4v) is 4.78. The number of benzene rings is 3. The van der Waals surface area contributed by atoms with Crippen molar-refractivity contribution < 1.29 is 28.9 Å². The number of rotatable bonds is 9. The molecular formula is C35H36O6. The Hall–Kier alpha value is -4.42. The standard InChI is InChI=1S/C35H36O6/c1-19(2)33(36)39-30-13-11-24-9-10-25(17-29(24)30)27-15-23(8)28(16-22(27)7)26-12-14-31(40-34(37)20(3)4)32(18-26)41-35(38)21(5)6/h9-10,12,14-18,30,35,38H,1,3,5,11,13H2,2,4,6-8H3. The molecule has 3 aromatic carbocycles. The molecule has 0 fully saturated rings. The highest BCUT2D eigenvalue weighted by molar-refractivity contribution is 5.89. The number of esters is 2. The van der Waals surface area contributed by atoms with Gasteiger partial charge in [-0.15, -0.1) is 0 Å². The smallest absolute Gasteiger partial charge is 0.338 e. The van der Waals surface area contributed by atoms with E-state index < -0.39 is 12.3 Å². The van der Waals surface area contributed by atoms with E-state index in [1.165, 1.54) is 5.56 Å². The molecular weight excluding hydrogens is 516 g/mol. The largest absolute Gasteiger partial charge is 0.457 e. The summed E-state index contributed by atoms with van der Waals surface area (Å²) in [7, 11) is 0. The van der Waals surface area contributed by atoms with E-state index in [1.54, 1.807) is 32.9 Å². The second kappa shape index (κ2) is 12.0. The van der Waals surface area contributed by atoms with Crippen LogP contribution < -0.4 is 9.47 Å². The van der Waals surface area contributed by atoms with Crippen LogP contribution in [0.4, 0.5) is 0 Å². The van der Waals surface area contributed by atoms with Gasteiger partial charge in [0, 0.05) is 11.1 Å². The van der Waals surface area contributed by atoms with Gasteiger partial charge in [-0.05, 0) is 116 Å². The first-order valence-corrected chi connectivity index (χ1v) is 13.5. The SMILES string of the molecule is C=C(C)C(=O)Oc1ccc(-c2cc(C)c(-c3ccc4c(c3)C(OC(=O)C(=C)C)CC4)cc2C)cc1OC(O)C(=C)C. The van der Waals surface area contributed by atoms with Gasteiger partial charge in [-0.3, -0.25) is 0 Å². The van der Waals surface area contributed by atoms with E-state index in [0.717, 1.165) is 51.8 Å². The summed E-state index contributed by atoms with van der Waals surface area (Å²) in [6.45, 7) is 20.0. The van der Waals surface area contributed by atoms with Crippen molar-refractivity contribution in [3.8, 4) is 33.8 Å². The molecule has 1 aliphatic rings. The average Bonchev–Trinajstić information content (AvgIpc) is 3.32. The summed E-state index contributed by atoms with van der Waals surface area (Å²) in [6.07, 6.45) is 0.0797. The lowest BCUT2D eigenvalue weighted by Crippen LogP contribution is -2.17. The number of hydrogen-bond acceptors (Lipinski definition) is 6. The lowest BCUT2D eigenvalue weighted by Gasteiger charge is -2.19. The fourth-order valence-electron chi connectivity index (χ4n) is 4.78. The molecule has 41 heavy (non-hydrogen) atoms. The summed E-state index contributed by atoms with van der Waals surface area (Å²) in [5.74, 6) is -0.574. The van der Waals surface area contributed by atoms with Crippen LogP contribution in [-0.4, -0.2) is 23.3 Å². The van der Waals surface area contributed by atoms with Crippen LogP contribution in [0.2, 0.25) is 0 Å². The van der Waals surface area contributed by atoms with Gasteiger partial charge in [-0.2, -0.15) is 0 Å². The first-order chi connectivity index (χ1) is 19.3. The molecule has 0 saturated heterocycles. The van der Waals surface area contributed by atoms with Crippen molar-refractivity contribution in [1.82, 2.24) is 0 Å². The zero-order chi connectivity index (χ0) is 30.0. The van der Waals surface area contributed by atoms with Crippen molar-refractivity contribution in [1.29, 1.82) is 0 Å². The van der Waals surface area contributed by atoms with Crippen LogP contribution in [0.1, 0.15) is 55.5 Å². The third kappa shape index (κ3) is 6.50. The highest BCUT2D eigenvalue weighted by atomic mass is 16.6. The predicted octanol–water partition coefficient (Wildman–Crippen LogP) is 7.50. The minimum Gasteiger partial charge on any atom is -0.457 e. The van der Waals surface area contributed by atoms with E-state index in [2.05, 4.69) is 57.0 Å². The van der Waals surface area contributed by atoms with E-state index in [1.807, 2.05) is 13.0 Å². The van der Waals surface area contributed by atoms with Crippen molar-refractivity contribution in [3.05, 3.63) is 107 Å². The molecule has 0 aromatic heterocycles. The van der Waals surface area contributed by atoms with E-state index >= 15 is 0 Å². The number of carbonyl (C=O) groups excluding carboxylic acids is 2. The van der Waals surface area contributed by atoms with Crippen molar-refractivity contribution in [3.63, 3.8) is 0 Å². The molecule has 6 nitrogen and oxygen atoms in total. The molecule has 0 aliphatic heterocycles. The zero-order valence-corrected chi connectivity index (χ0v) is 24.3. The number of carbonyl (C=O) groups is 2. The van der Waals surface area contributed by atoms with Gasteiger partial charge in [0.25, 0.3) is 0 Å². The summed E-state index contributed by atoms with van der Waals surface area (Å²) in [4.78, 5) is 24.4. The van der Waals surface area contributed by atoms with E-state index in [0.29, 0.717) is 11.1 Å². The number of aryl methyl sites for hydroxylation is 3. The Bertz CT molecular complexity index is 1580. The molecule has 6 heteroatoms. The quantitative estimate of drug-likeness (QED) is 0.0973. The van der Waals surface area contributed by atoms with Crippen molar-refractivity contribution in [2.75, 3.05) is 0 Å². The molecule has 0 saturated carbocycles. The van der Waals surface area contributed by atoms with Crippen LogP contribution in [-0.2, 0) is 20.7 Å². The molecule has 1 N–H and O–H groups in total. The van der Waals surface area contributed by atoms with Crippen LogP contribution in [0.15, 0.2) is 85.0 Å². The van der Waals surface area contributed by atoms with Crippen molar-refractivity contribution in [2.45, 2.75) is 59.9 Å². The Balaban J connectivity index is 1.70. The van der Waals surface area contributed by atoms with Crippen LogP contribution in [0, 0.1) is 13.8 Å². The molecule has 0 heterocycles. The summed E-state index contributed by atoms with van der Waals surface area (Å²) >= 11 is 0. The molecule has 4 rings (SSSR count). The number of aliphatic hydroxyl groups is 1. The molecule has 2 atom stereocenters. The second-order valence-electron chi connectivity index (χ2n) is 10.8. The van der Waals surface area contributed by atoms with Gasteiger partial charge < -0.3 is 19.3 Å². The van der Waals surface area contributed by atoms with Gasteiger partial charge in [0.1, 0.15) is 6.10 Å². The predicted molar refractivity (Wildman–Crippen MR) is 161 cm³/mol. The number of aliphatic hydroxyl groups excluding tert-OH is 1. The van der Waals surface area contributed by atoms with Gasteiger partial charge in [-0.1, -0.05) is 50.1 Å². The molecule has 212 valence electrons. The van der Waals surface area contributed by atoms with E-state index in [9.17, 15) is 14.7 Å². The average molecular weight is 553 g/mol. The first-order valence-electron chi connectivity index (χ1n) is 13.5. The number of fused-ring (bicyclic) bond motifs is 1. The van der Waals surface area contributed by atoms with Crippen LogP contribution in [0.3, 0.4) is 0 Å². The Morgan fingerprint density at radius 1 is 0.829 bits per heavy atom. The van der Waals surface area contributed by atoms with Crippen molar-refractivity contribution in [2.24, 2.45) is 0 Å². The topological polar surface area (TPSA) is 82.1 Å². The summed E-state index contributed by atoms with van der Waals surface area (Å²) in [6, 6.07) is 15.8. The van der Waals surface area contributed by atoms with Gasteiger partial charge in [0.15, 0.2) is 11.5 Å². The third-order valence-electron chi connectivity index (χ3n) is 7.11. The fraction of sp³-hybridized carbons (Fsp3) is 0.257. The minimum atomic E-state index is -1.27. The molecule has 1 aliphatic carbocycles. The molecule has 0 amide bonds. The molecule has 3 aromatic rings. The third-order valence-corrected chi connectivity index (χ3v) is 7.11. The molecule has 2 unspecified atom stereocenters. The maximum atomic E-state index is 12.2. The van der Waals surface area contributed by atoms with Gasteiger partial charge >= 0.3 is 11.9 Å². The summed E-state index contributed by atoms with van der Waals surface area (Å²) < 4.78 is 16.9. The van der Waals surface area contributed by atoms with Gasteiger partial charge in [-0.25, -0.2) is 9.59 Å². The Kier molecular flexibility index (Phi) is 8.64. The normalized spacial score (nSPS) is 14.5. The number of hydrogen-bond donors (Lipinski definition) is 1. The maximum absolute atomic E-state index is 12.2. The van der Waals surface area contributed by atoms with E-state index in [4.69, 9.17) is 14.2 Å². The number of ether oxygens (including phenoxy) is 3. The maximum Gasteiger partial charge on any atom is 0.338 e. The van der Waals surface area contributed by atoms with Crippen LogP contribution >= 0.6 is 0 Å². The van der Waals surface area contributed by atoms with Gasteiger partial charge in [0.2, 0.25) is 6.29 Å². The molecule has 0 radical (unpaired) electrons. The monoisotopic (exact) mass is 552 g/mol. The molecule has 0 bridgehead atoms. The lowest BCUT2D eigenvalue weighted by atomic mass is 9.90. The highest BCUT2D eigenvalue weighted by Gasteiger charge is 2.27. The molecule has 0 spiro atoms. The second-order valence-corrected chi connectivity index (χ2v) is 10.8. The van der Waals surface area contributed by atoms with Crippen molar-refractivity contribution >= 4 is 11.9 Å². The summed E-state index contributed by atoms with van der Waals surface area (Å²) in [5, 5.41) is 10.3. The van der Waals surface area contributed by atoms with E-state index in [-0.39, 0.29) is 29.1 Å². The Labute approximate surface area is 241 Å². The van der Waals surface area contributed by atoms with Crippen LogP contribution in [0.5, 0.6) is 11.5 Å². The van der Waals surface area contributed by atoms with Crippen LogP contribution in [0.25, 0.3) is 22.3 Å². The zero-order valence-electron chi connectivity index (χ0n) is 24.3. The highest BCUT2D eigenvalue weighted by Crippen LogP contribution is 2.40. The summed E-state index contributed by atoms with van der Waals surface area (Å²) in [5.41, 5.74) is 9.27. The minimum absolute atomic E-state index is 0.174. The lowest BCUT2D eigenvalue weighted by molar-refractivity contribution is -0.144. The Morgan fingerprint density at radius 2 is 1.41 bits per heavy atom. The first kappa shape index (κ1) is 29.6. The van der Waals surface area contributed by atoms with Gasteiger partial charge in [0.05, 0.1) is 0 Å².